The molecule has 0 aliphatic heterocycles. The van der Waals surface area contributed by atoms with E-state index in [-0.39, 0.29) is 0 Å². The number of rotatable bonds is 2. The van der Waals surface area contributed by atoms with E-state index in [2.05, 4.69) is 36.1 Å². The normalized spacial score (nSPS) is 15.3. The average Bonchev–Trinajstić information content (AvgIpc) is 2.18. The Labute approximate surface area is 91.7 Å². The van der Waals surface area contributed by atoms with E-state index in [1.165, 1.54) is 30.4 Å². The van der Waals surface area contributed by atoms with Gasteiger partial charge in [-0.05, 0) is 30.4 Å². The topological polar surface area (TPSA) is 26.0 Å². The molecule has 1 fully saturated rings. The zero-order valence-corrected chi connectivity index (χ0v) is 9.00. The summed E-state index contributed by atoms with van der Waals surface area (Å²) in [7, 11) is 0. The van der Waals surface area contributed by atoms with Crippen molar-refractivity contribution in [3.05, 3.63) is 35.4 Å². The summed E-state index contributed by atoms with van der Waals surface area (Å²) in [5.74, 6) is 7.11. The van der Waals surface area contributed by atoms with Crippen LogP contribution >= 0.6 is 0 Å². The maximum Gasteiger partial charge on any atom is 0.0280 e. The predicted molar refractivity (Wildman–Crippen MR) is 63.6 cm³/mol. The van der Waals surface area contributed by atoms with Crippen LogP contribution in [0.3, 0.4) is 0 Å². The van der Waals surface area contributed by atoms with Gasteiger partial charge in [-0.3, -0.25) is 0 Å². The first kappa shape index (κ1) is 10.3. The first-order valence-electron chi connectivity index (χ1n) is 5.69. The molecule has 15 heavy (non-hydrogen) atoms. The standard InChI is InChI=1S/C14H17N/c15-11-4-3-7-12-6-1-2-10-14(12)13-8-5-9-13/h1-2,6,10,13H,4-5,8-9,11,15H2. The Bertz CT molecular complexity index is 380. The van der Waals surface area contributed by atoms with E-state index in [0.29, 0.717) is 6.54 Å². The molecule has 0 radical (unpaired) electrons. The molecule has 0 amide bonds. The Balaban J connectivity index is 2.18. The molecule has 0 unspecified atom stereocenters. The fourth-order valence-corrected chi connectivity index (χ4v) is 1.92. The van der Waals surface area contributed by atoms with Crippen LogP contribution in [-0.4, -0.2) is 6.54 Å². The van der Waals surface area contributed by atoms with Gasteiger partial charge < -0.3 is 5.73 Å². The Morgan fingerprint density at radius 1 is 1.27 bits per heavy atom. The molecule has 1 saturated carbocycles. The molecule has 0 bridgehead atoms. The Morgan fingerprint density at radius 3 is 2.73 bits per heavy atom. The molecule has 1 aromatic carbocycles. The third-order valence-corrected chi connectivity index (χ3v) is 3.00. The van der Waals surface area contributed by atoms with Crippen LogP contribution in [0.15, 0.2) is 24.3 Å². The SMILES string of the molecule is NCCC#Cc1ccccc1C1CCC1. The summed E-state index contributed by atoms with van der Waals surface area (Å²) in [6, 6.07) is 8.52. The van der Waals surface area contributed by atoms with Gasteiger partial charge in [-0.15, -0.1) is 0 Å². The number of hydrogen-bond donors (Lipinski definition) is 1. The molecule has 78 valence electrons. The van der Waals surface area contributed by atoms with Gasteiger partial charge in [-0.2, -0.15) is 0 Å². The predicted octanol–water partition coefficient (Wildman–Crippen LogP) is 2.65. The Kier molecular flexibility index (Phi) is 3.42. The fraction of sp³-hybridized carbons (Fsp3) is 0.429. The van der Waals surface area contributed by atoms with Crippen LogP contribution in [-0.2, 0) is 0 Å². The molecule has 1 nitrogen and oxygen atoms in total. The van der Waals surface area contributed by atoms with Crippen LogP contribution in [0.25, 0.3) is 0 Å². The van der Waals surface area contributed by atoms with Gasteiger partial charge >= 0.3 is 0 Å². The first-order chi connectivity index (χ1) is 7.42. The van der Waals surface area contributed by atoms with E-state index in [1.807, 2.05) is 0 Å². The largest absolute Gasteiger partial charge is 0.330 e. The summed E-state index contributed by atoms with van der Waals surface area (Å²) in [6.07, 6.45) is 4.82. The minimum Gasteiger partial charge on any atom is -0.330 e. The lowest BCUT2D eigenvalue weighted by atomic mass is 9.78. The second-order valence-corrected chi connectivity index (χ2v) is 4.06. The highest BCUT2D eigenvalue weighted by Gasteiger charge is 2.20. The lowest BCUT2D eigenvalue weighted by molar-refractivity contribution is 0.419. The second kappa shape index (κ2) is 5.00. The zero-order chi connectivity index (χ0) is 10.5. The molecule has 0 spiro atoms. The van der Waals surface area contributed by atoms with Crippen molar-refractivity contribution in [2.45, 2.75) is 31.6 Å². The van der Waals surface area contributed by atoms with Crippen LogP contribution in [0.5, 0.6) is 0 Å². The molecule has 0 heterocycles. The van der Waals surface area contributed by atoms with Crippen molar-refractivity contribution in [2.24, 2.45) is 5.73 Å². The summed E-state index contributed by atoms with van der Waals surface area (Å²) in [5.41, 5.74) is 8.07. The molecule has 0 saturated heterocycles. The minimum atomic E-state index is 0.651. The minimum absolute atomic E-state index is 0.651. The van der Waals surface area contributed by atoms with E-state index in [4.69, 9.17) is 5.73 Å². The van der Waals surface area contributed by atoms with Gasteiger partial charge in [-0.25, -0.2) is 0 Å². The van der Waals surface area contributed by atoms with E-state index >= 15 is 0 Å². The molecule has 2 N–H and O–H groups in total. The number of nitrogens with two attached hydrogens (primary N) is 1. The summed E-state index contributed by atoms with van der Waals surface area (Å²) >= 11 is 0. The fourth-order valence-electron chi connectivity index (χ4n) is 1.92. The van der Waals surface area contributed by atoms with Crippen molar-refractivity contribution < 1.29 is 0 Å². The first-order valence-corrected chi connectivity index (χ1v) is 5.69. The summed E-state index contributed by atoms with van der Waals surface area (Å²) in [4.78, 5) is 0. The zero-order valence-electron chi connectivity index (χ0n) is 9.00. The van der Waals surface area contributed by atoms with Crippen molar-refractivity contribution in [3.63, 3.8) is 0 Å². The quantitative estimate of drug-likeness (QED) is 0.728. The van der Waals surface area contributed by atoms with Gasteiger partial charge in [0.1, 0.15) is 0 Å². The summed E-state index contributed by atoms with van der Waals surface area (Å²) < 4.78 is 0. The average molecular weight is 199 g/mol. The van der Waals surface area contributed by atoms with Gasteiger partial charge in [0, 0.05) is 18.5 Å². The number of benzene rings is 1. The molecule has 1 heteroatoms. The molecule has 1 aliphatic rings. The second-order valence-electron chi connectivity index (χ2n) is 4.06. The van der Waals surface area contributed by atoms with Crippen LogP contribution < -0.4 is 5.73 Å². The van der Waals surface area contributed by atoms with Crippen LogP contribution in [0.2, 0.25) is 0 Å². The van der Waals surface area contributed by atoms with Crippen LogP contribution in [0.4, 0.5) is 0 Å². The summed E-state index contributed by atoms with van der Waals surface area (Å²) in [5, 5.41) is 0. The number of hydrogen-bond acceptors (Lipinski definition) is 1. The molecule has 1 aliphatic carbocycles. The smallest absolute Gasteiger partial charge is 0.0280 e. The summed E-state index contributed by atoms with van der Waals surface area (Å²) in [6.45, 7) is 0.651. The lowest BCUT2D eigenvalue weighted by Gasteiger charge is -2.26. The van der Waals surface area contributed by atoms with Crippen LogP contribution in [0, 0.1) is 11.8 Å². The highest BCUT2D eigenvalue weighted by molar-refractivity contribution is 5.43. The van der Waals surface area contributed by atoms with Crippen molar-refractivity contribution in [1.82, 2.24) is 0 Å². The third kappa shape index (κ3) is 2.40. The van der Waals surface area contributed by atoms with Gasteiger partial charge in [0.25, 0.3) is 0 Å². The van der Waals surface area contributed by atoms with Crippen molar-refractivity contribution >= 4 is 0 Å². The monoisotopic (exact) mass is 199 g/mol. The third-order valence-electron chi connectivity index (χ3n) is 3.00. The van der Waals surface area contributed by atoms with Gasteiger partial charge in [0.15, 0.2) is 0 Å². The van der Waals surface area contributed by atoms with Gasteiger partial charge in [0.05, 0.1) is 0 Å². The molecular weight excluding hydrogens is 182 g/mol. The van der Waals surface area contributed by atoms with Gasteiger partial charge in [0.2, 0.25) is 0 Å². The van der Waals surface area contributed by atoms with Crippen molar-refractivity contribution in [1.29, 1.82) is 0 Å². The van der Waals surface area contributed by atoms with E-state index in [9.17, 15) is 0 Å². The van der Waals surface area contributed by atoms with E-state index in [0.717, 1.165) is 12.3 Å². The van der Waals surface area contributed by atoms with Crippen molar-refractivity contribution in [2.75, 3.05) is 6.54 Å². The van der Waals surface area contributed by atoms with Gasteiger partial charge in [-0.1, -0.05) is 36.5 Å². The highest BCUT2D eigenvalue weighted by Crippen LogP contribution is 2.37. The Morgan fingerprint density at radius 2 is 2.07 bits per heavy atom. The van der Waals surface area contributed by atoms with Crippen LogP contribution in [0.1, 0.15) is 42.7 Å². The molecule has 0 atom stereocenters. The lowest BCUT2D eigenvalue weighted by Crippen LogP contribution is -2.10. The molecule has 1 aromatic rings. The molecular formula is C14H17N. The Hall–Kier alpha value is -1.26. The maximum atomic E-state index is 5.43. The van der Waals surface area contributed by atoms with Crippen molar-refractivity contribution in [3.8, 4) is 11.8 Å². The molecule has 2 rings (SSSR count). The highest BCUT2D eigenvalue weighted by atomic mass is 14.5. The van der Waals surface area contributed by atoms with E-state index < -0.39 is 0 Å². The molecule has 0 aromatic heterocycles. The maximum absolute atomic E-state index is 5.43. The van der Waals surface area contributed by atoms with E-state index in [1.54, 1.807) is 0 Å².